The van der Waals surface area contributed by atoms with E-state index in [4.69, 9.17) is 4.74 Å². The van der Waals surface area contributed by atoms with Crippen LogP contribution < -0.4 is 4.74 Å². The lowest BCUT2D eigenvalue weighted by Crippen LogP contribution is -2.39. The summed E-state index contributed by atoms with van der Waals surface area (Å²) in [6.07, 6.45) is 6.70. The first-order chi connectivity index (χ1) is 8.66. The average molecular weight is 247 g/mol. The molecule has 1 aliphatic carbocycles. The summed E-state index contributed by atoms with van der Waals surface area (Å²) >= 11 is 0. The third-order valence-corrected chi connectivity index (χ3v) is 4.11. The van der Waals surface area contributed by atoms with Gasteiger partial charge in [-0.3, -0.25) is 0 Å². The van der Waals surface area contributed by atoms with Crippen LogP contribution in [-0.4, -0.2) is 32.6 Å². The first-order valence-corrected chi connectivity index (χ1v) is 6.96. The minimum absolute atomic E-state index is 0.330. The number of ether oxygens (including phenoxy) is 1. The van der Waals surface area contributed by atoms with Gasteiger partial charge in [-0.1, -0.05) is 31.4 Å². The van der Waals surface area contributed by atoms with E-state index >= 15 is 0 Å². The van der Waals surface area contributed by atoms with Gasteiger partial charge >= 0.3 is 0 Å². The monoisotopic (exact) mass is 247 g/mol. The predicted molar refractivity (Wildman–Crippen MR) is 76.3 cm³/mol. The Kier molecular flexibility index (Phi) is 4.28. The molecule has 1 aliphatic rings. The third-order valence-electron chi connectivity index (χ3n) is 4.11. The summed E-state index contributed by atoms with van der Waals surface area (Å²) in [5.41, 5.74) is 1.78. The number of rotatable bonds is 4. The summed E-state index contributed by atoms with van der Waals surface area (Å²) in [4.78, 5) is 2.32. The maximum Gasteiger partial charge on any atom is 0.119 e. The number of hydrogen-bond donors (Lipinski definition) is 0. The summed E-state index contributed by atoms with van der Waals surface area (Å²) < 4.78 is 5.38. The number of nitrogens with zero attached hydrogens (tertiary/aromatic N) is 1. The lowest BCUT2D eigenvalue weighted by Gasteiger charge is -2.40. The Morgan fingerprint density at radius 1 is 1.17 bits per heavy atom. The number of hydrogen-bond acceptors (Lipinski definition) is 2. The van der Waals surface area contributed by atoms with Crippen molar-refractivity contribution < 1.29 is 4.74 Å². The molecule has 1 saturated carbocycles. The van der Waals surface area contributed by atoms with Crippen LogP contribution in [0.25, 0.3) is 0 Å². The standard InChI is InChI=1S/C16H25NO/c1-17(2)13-16(10-5-4-6-11-16)14-8-7-9-15(12-14)18-3/h7-9,12H,4-6,10-11,13H2,1-3H3. The van der Waals surface area contributed by atoms with E-state index in [1.807, 2.05) is 6.07 Å². The van der Waals surface area contributed by atoms with Crippen LogP contribution in [0, 0.1) is 0 Å². The van der Waals surface area contributed by atoms with Gasteiger partial charge in [-0.15, -0.1) is 0 Å². The maximum atomic E-state index is 5.38. The van der Waals surface area contributed by atoms with Crippen LogP contribution in [0.2, 0.25) is 0 Å². The van der Waals surface area contributed by atoms with E-state index in [1.165, 1.54) is 37.7 Å². The van der Waals surface area contributed by atoms with Crippen LogP contribution in [0.15, 0.2) is 24.3 Å². The van der Waals surface area contributed by atoms with Crippen LogP contribution in [0.1, 0.15) is 37.7 Å². The van der Waals surface area contributed by atoms with Crippen molar-refractivity contribution in [2.75, 3.05) is 27.7 Å². The summed E-state index contributed by atoms with van der Waals surface area (Å²) in [5.74, 6) is 0.983. The maximum absolute atomic E-state index is 5.38. The van der Waals surface area contributed by atoms with Crippen LogP contribution in [0.3, 0.4) is 0 Å². The molecule has 0 bridgehead atoms. The number of likely N-dealkylation sites (N-methyl/N-ethyl adjacent to an activating group) is 1. The highest BCUT2D eigenvalue weighted by Gasteiger charge is 2.34. The van der Waals surface area contributed by atoms with Crippen molar-refractivity contribution in [1.29, 1.82) is 0 Å². The number of benzene rings is 1. The zero-order valence-electron chi connectivity index (χ0n) is 11.9. The minimum Gasteiger partial charge on any atom is -0.497 e. The van der Waals surface area contributed by atoms with Crippen molar-refractivity contribution in [3.63, 3.8) is 0 Å². The fourth-order valence-corrected chi connectivity index (χ4v) is 3.32. The van der Waals surface area contributed by atoms with E-state index < -0.39 is 0 Å². The molecule has 0 aromatic heterocycles. The molecule has 0 saturated heterocycles. The highest BCUT2D eigenvalue weighted by Crippen LogP contribution is 2.40. The second-order valence-electron chi connectivity index (χ2n) is 5.81. The van der Waals surface area contributed by atoms with Crippen molar-refractivity contribution in [3.8, 4) is 5.75 Å². The molecule has 1 aromatic carbocycles. The zero-order valence-corrected chi connectivity index (χ0v) is 11.9. The average Bonchev–Trinajstić information content (AvgIpc) is 2.39. The molecule has 2 nitrogen and oxygen atoms in total. The largest absolute Gasteiger partial charge is 0.497 e. The molecule has 2 heteroatoms. The molecule has 0 N–H and O–H groups in total. The first-order valence-electron chi connectivity index (χ1n) is 6.96. The molecular weight excluding hydrogens is 222 g/mol. The quantitative estimate of drug-likeness (QED) is 0.808. The molecule has 0 spiro atoms. The van der Waals surface area contributed by atoms with Gasteiger partial charge in [0.2, 0.25) is 0 Å². The second-order valence-corrected chi connectivity index (χ2v) is 5.81. The van der Waals surface area contributed by atoms with Crippen LogP contribution in [-0.2, 0) is 5.41 Å². The predicted octanol–water partition coefficient (Wildman–Crippen LogP) is 3.46. The van der Waals surface area contributed by atoms with E-state index in [-0.39, 0.29) is 0 Å². The Hall–Kier alpha value is -1.02. The molecule has 2 rings (SSSR count). The lowest BCUT2D eigenvalue weighted by atomic mass is 9.69. The topological polar surface area (TPSA) is 12.5 Å². The van der Waals surface area contributed by atoms with E-state index in [0.717, 1.165) is 12.3 Å². The zero-order chi connectivity index (χ0) is 13.0. The van der Waals surface area contributed by atoms with Crippen molar-refractivity contribution in [3.05, 3.63) is 29.8 Å². The molecule has 1 aromatic rings. The minimum atomic E-state index is 0.330. The molecule has 100 valence electrons. The normalized spacial score (nSPS) is 18.9. The summed E-state index contributed by atoms with van der Waals surface area (Å²) in [6, 6.07) is 8.67. The van der Waals surface area contributed by atoms with Gasteiger partial charge in [0.15, 0.2) is 0 Å². The Morgan fingerprint density at radius 3 is 2.50 bits per heavy atom. The molecule has 0 heterocycles. The summed E-state index contributed by atoms with van der Waals surface area (Å²) in [6.45, 7) is 1.14. The van der Waals surface area contributed by atoms with Crippen molar-refractivity contribution >= 4 is 0 Å². The highest BCUT2D eigenvalue weighted by atomic mass is 16.5. The molecule has 0 radical (unpaired) electrons. The van der Waals surface area contributed by atoms with Crippen molar-refractivity contribution in [1.82, 2.24) is 4.90 Å². The van der Waals surface area contributed by atoms with Gasteiger partial charge in [0.25, 0.3) is 0 Å². The van der Waals surface area contributed by atoms with Crippen LogP contribution in [0.5, 0.6) is 5.75 Å². The van der Waals surface area contributed by atoms with Crippen molar-refractivity contribution in [2.24, 2.45) is 0 Å². The molecule has 0 atom stereocenters. The van der Waals surface area contributed by atoms with E-state index in [9.17, 15) is 0 Å². The van der Waals surface area contributed by atoms with E-state index in [2.05, 4.69) is 37.2 Å². The lowest BCUT2D eigenvalue weighted by molar-refractivity contribution is 0.215. The Balaban J connectivity index is 2.32. The van der Waals surface area contributed by atoms with Crippen molar-refractivity contribution in [2.45, 2.75) is 37.5 Å². The first kappa shape index (κ1) is 13.4. The Bertz CT molecular complexity index is 380. The molecule has 18 heavy (non-hydrogen) atoms. The van der Waals surface area contributed by atoms with Gasteiger partial charge in [0.1, 0.15) is 5.75 Å². The van der Waals surface area contributed by atoms with Crippen LogP contribution >= 0.6 is 0 Å². The van der Waals surface area contributed by atoms with Gasteiger partial charge in [-0.25, -0.2) is 0 Å². The third kappa shape index (κ3) is 2.86. The SMILES string of the molecule is COc1cccc(C2(CN(C)C)CCCCC2)c1. The van der Waals surface area contributed by atoms with Gasteiger partial charge in [0, 0.05) is 12.0 Å². The van der Waals surface area contributed by atoms with E-state index in [0.29, 0.717) is 5.41 Å². The molecule has 0 amide bonds. The fraction of sp³-hybridized carbons (Fsp3) is 0.625. The Labute approximate surface area is 111 Å². The Morgan fingerprint density at radius 2 is 1.89 bits per heavy atom. The molecule has 0 aliphatic heterocycles. The second kappa shape index (κ2) is 5.75. The van der Waals surface area contributed by atoms with Crippen LogP contribution in [0.4, 0.5) is 0 Å². The molecule has 1 fully saturated rings. The highest BCUT2D eigenvalue weighted by molar-refractivity contribution is 5.34. The smallest absolute Gasteiger partial charge is 0.119 e. The van der Waals surface area contributed by atoms with Gasteiger partial charge in [-0.05, 0) is 44.6 Å². The van der Waals surface area contributed by atoms with Gasteiger partial charge in [-0.2, -0.15) is 0 Å². The fourth-order valence-electron chi connectivity index (χ4n) is 3.32. The van der Waals surface area contributed by atoms with Gasteiger partial charge in [0.05, 0.1) is 7.11 Å². The molecular formula is C16H25NO. The summed E-state index contributed by atoms with van der Waals surface area (Å²) in [7, 11) is 6.10. The summed E-state index contributed by atoms with van der Waals surface area (Å²) in [5, 5.41) is 0. The molecule has 0 unspecified atom stereocenters. The van der Waals surface area contributed by atoms with Gasteiger partial charge < -0.3 is 9.64 Å². The van der Waals surface area contributed by atoms with E-state index in [1.54, 1.807) is 7.11 Å². The number of methoxy groups -OCH3 is 1.